The minimum Gasteiger partial charge on any atom is -0.459 e. The molecule has 1 aromatic carbocycles. The molecule has 0 radical (unpaired) electrons. The monoisotopic (exact) mass is 267 g/mol. The summed E-state index contributed by atoms with van der Waals surface area (Å²) in [4.78, 5) is 0. The summed E-state index contributed by atoms with van der Waals surface area (Å²) < 4.78 is 7.93. The fraction of sp³-hybridized carbons (Fsp3) is 0.312. The van der Waals surface area contributed by atoms with Gasteiger partial charge in [0.1, 0.15) is 11.3 Å². The molecule has 2 aromatic heterocycles. The molecule has 102 valence electrons. The summed E-state index contributed by atoms with van der Waals surface area (Å²) in [6.45, 7) is 1.56. The molecule has 0 saturated heterocycles. The van der Waals surface area contributed by atoms with E-state index in [2.05, 4.69) is 22.5 Å². The minimum atomic E-state index is 0.684. The number of fused-ring (bicyclic) bond motifs is 1. The van der Waals surface area contributed by atoms with Crippen molar-refractivity contribution < 1.29 is 4.42 Å². The van der Waals surface area contributed by atoms with Crippen molar-refractivity contribution in [2.45, 2.75) is 32.0 Å². The molecule has 4 rings (SSSR count). The molecular formula is C16H17N3O. The van der Waals surface area contributed by atoms with Crippen LogP contribution in [0.2, 0.25) is 0 Å². The maximum absolute atomic E-state index is 6.02. The van der Waals surface area contributed by atoms with Gasteiger partial charge in [0.2, 0.25) is 0 Å². The lowest BCUT2D eigenvalue weighted by Crippen LogP contribution is -2.16. The fourth-order valence-electron chi connectivity index (χ4n) is 2.55. The first-order valence-electron chi connectivity index (χ1n) is 7.10. The first-order valence-corrected chi connectivity index (χ1v) is 7.10. The van der Waals surface area contributed by atoms with E-state index in [1.54, 1.807) is 6.20 Å². The van der Waals surface area contributed by atoms with E-state index in [-0.39, 0.29) is 0 Å². The Morgan fingerprint density at radius 1 is 1.25 bits per heavy atom. The molecule has 1 aliphatic carbocycles. The van der Waals surface area contributed by atoms with Gasteiger partial charge in [0, 0.05) is 35.9 Å². The third-order valence-electron chi connectivity index (χ3n) is 3.79. The molecule has 1 saturated carbocycles. The average Bonchev–Trinajstić information content (AvgIpc) is 3.03. The van der Waals surface area contributed by atoms with E-state index in [0.717, 1.165) is 17.9 Å². The average molecular weight is 267 g/mol. The van der Waals surface area contributed by atoms with E-state index in [0.29, 0.717) is 12.6 Å². The zero-order valence-corrected chi connectivity index (χ0v) is 11.2. The third kappa shape index (κ3) is 2.23. The Labute approximate surface area is 117 Å². The highest BCUT2D eigenvalue weighted by atomic mass is 16.3. The number of hydrogen-bond donors (Lipinski definition) is 1. The summed E-state index contributed by atoms with van der Waals surface area (Å²) in [5, 5.41) is 9.06. The van der Waals surface area contributed by atoms with E-state index in [9.17, 15) is 0 Å². The van der Waals surface area contributed by atoms with Gasteiger partial charge in [-0.15, -0.1) is 0 Å². The summed E-state index contributed by atoms with van der Waals surface area (Å²) in [6, 6.07) is 10.9. The zero-order valence-electron chi connectivity index (χ0n) is 11.2. The van der Waals surface area contributed by atoms with E-state index in [1.807, 2.05) is 29.1 Å². The van der Waals surface area contributed by atoms with Gasteiger partial charge in [-0.2, -0.15) is 5.10 Å². The van der Waals surface area contributed by atoms with Crippen molar-refractivity contribution in [2.75, 3.05) is 0 Å². The van der Waals surface area contributed by atoms with Crippen LogP contribution in [-0.2, 0) is 13.1 Å². The lowest BCUT2D eigenvalue weighted by molar-refractivity contribution is 0.499. The van der Waals surface area contributed by atoms with Gasteiger partial charge in [-0.1, -0.05) is 18.2 Å². The summed E-state index contributed by atoms with van der Waals surface area (Å²) in [7, 11) is 0. The molecule has 3 aromatic rings. The van der Waals surface area contributed by atoms with Crippen molar-refractivity contribution in [1.29, 1.82) is 0 Å². The standard InChI is InChI=1S/C16H17N3O/c1-2-5-15-13(4-1)14(10-17-12-6-7-12)16(20-15)11-19-9-3-8-18-19/h1-5,8-9,12,17H,6-7,10-11H2. The predicted molar refractivity (Wildman–Crippen MR) is 77.4 cm³/mol. The topological polar surface area (TPSA) is 43.0 Å². The quantitative estimate of drug-likeness (QED) is 0.773. The number of aromatic nitrogens is 2. The summed E-state index contributed by atoms with van der Waals surface area (Å²) in [5.74, 6) is 1.00. The fourth-order valence-corrected chi connectivity index (χ4v) is 2.55. The van der Waals surface area contributed by atoms with Gasteiger partial charge in [-0.05, 0) is 25.0 Å². The van der Waals surface area contributed by atoms with Crippen LogP contribution in [0.4, 0.5) is 0 Å². The number of benzene rings is 1. The molecule has 4 heteroatoms. The Morgan fingerprint density at radius 2 is 2.15 bits per heavy atom. The number of hydrogen-bond acceptors (Lipinski definition) is 3. The van der Waals surface area contributed by atoms with E-state index in [4.69, 9.17) is 4.42 Å². The van der Waals surface area contributed by atoms with Crippen LogP contribution < -0.4 is 5.32 Å². The van der Waals surface area contributed by atoms with Crippen molar-refractivity contribution in [3.05, 3.63) is 54.0 Å². The van der Waals surface area contributed by atoms with Crippen molar-refractivity contribution >= 4 is 11.0 Å². The lowest BCUT2D eigenvalue weighted by Gasteiger charge is -2.05. The van der Waals surface area contributed by atoms with Gasteiger partial charge in [0.05, 0.1) is 6.54 Å². The van der Waals surface area contributed by atoms with E-state index >= 15 is 0 Å². The normalized spacial score (nSPS) is 15.0. The molecular weight excluding hydrogens is 250 g/mol. The highest BCUT2D eigenvalue weighted by Gasteiger charge is 2.22. The first kappa shape index (κ1) is 11.7. The highest BCUT2D eigenvalue weighted by Crippen LogP contribution is 2.28. The Kier molecular flexibility index (Phi) is 2.81. The number of nitrogens with one attached hydrogen (secondary N) is 1. The van der Waals surface area contributed by atoms with Gasteiger partial charge in [0.25, 0.3) is 0 Å². The second kappa shape index (κ2) is 4.80. The van der Waals surface area contributed by atoms with Crippen molar-refractivity contribution in [3.8, 4) is 0 Å². The van der Waals surface area contributed by atoms with Crippen molar-refractivity contribution in [2.24, 2.45) is 0 Å². The Hall–Kier alpha value is -2.07. The molecule has 0 unspecified atom stereocenters. The molecule has 0 atom stereocenters. The molecule has 0 bridgehead atoms. The molecule has 20 heavy (non-hydrogen) atoms. The second-order valence-corrected chi connectivity index (χ2v) is 5.36. The van der Waals surface area contributed by atoms with Gasteiger partial charge in [0.15, 0.2) is 0 Å². The van der Waals surface area contributed by atoms with Crippen LogP contribution in [0.25, 0.3) is 11.0 Å². The predicted octanol–water partition coefficient (Wildman–Crippen LogP) is 2.93. The molecule has 1 aliphatic rings. The molecule has 1 N–H and O–H groups in total. The van der Waals surface area contributed by atoms with Crippen LogP contribution in [-0.4, -0.2) is 15.8 Å². The van der Waals surface area contributed by atoms with Crippen molar-refractivity contribution in [3.63, 3.8) is 0 Å². The first-order chi connectivity index (χ1) is 9.90. The van der Waals surface area contributed by atoms with Crippen molar-refractivity contribution in [1.82, 2.24) is 15.1 Å². The van der Waals surface area contributed by atoms with Crippen LogP contribution in [0.5, 0.6) is 0 Å². The van der Waals surface area contributed by atoms with Crippen LogP contribution in [0.15, 0.2) is 47.1 Å². The molecule has 0 aliphatic heterocycles. The van der Waals surface area contributed by atoms with Gasteiger partial charge in [-0.3, -0.25) is 4.68 Å². The molecule has 2 heterocycles. The Morgan fingerprint density at radius 3 is 2.95 bits per heavy atom. The van der Waals surface area contributed by atoms with E-state index in [1.165, 1.54) is 23.8 Å². The molecule has 0 spiro atoms. The number of rotatable bonds is 5. The summed E-state index contributed by atoms with van der Waals surface area (Å²) >= 11 is 0. The second-order valence-electron chi connectivity index (χ2n) is 5.36. The van der Waals surface area contributed by atoms with Crippen LogP contribution in [0.1, 0.15) is 24.2 Å². The molecule has 1 fully saturated rings. The minimum absolute atomic E-state index is 0.684. The molecule has 0 amide bonds. The largest absolute Gasteiger partial charge is 0.459 e. The van der Waals surface area contributed by atoms with Crippen LogP contribution >= 0.6 is 0 Å². The maximum Gasteiger partial charge on any atom is 0.134 e. The summed E-state index contributed by atoms with van der Waals surface area (Å²) in [6.07, 6.45) is 6.35. The number of nitrogens with zero attached hydrogens (tertiary/aromatic N) is 2. The maximum atomic E-state index is 6.02. The SMILES string of the molecule is c1ccc2c(CNC3CC3)c(Cn3cccn3)oc2c1. The van der Waals surface area contributed by atoms with E-state index < -0.39 is 0 Å². The highest BCUT2D eigenvalue weighted by molar-refractivity contribution is 5.82. The zero-order chi connectivity index (χ0) is 13.4. The Balaban J connectivity index is 1.70. The van der Waals surface area contributed by atoms with Crippen LogP contribution in [0, 0.1) is 0 Å². The molecule has 4 nitrogen and oxygen atoms in total. The number of furan rings is 1. The lowest BCUT2D eigenvalue weighted by atomic mass is 10.1. The van der Waals surface area contributed by atoms with Gasteiger partial charge >= 0.3 is 0 Å². The smallest absolute Gasteiger partial charge is 0.134 e. The van der Waals surface area contributed by atoms with Gasteiger partial charge < -0.3 is 9.73 Å². The van der Waals surface area contributed by atoms with Crippen LogP contribution in [0.3, 0.4) is 0 Å². The summed E-state index contributed by atoms with van der Waals surface area (Å²) in [5.41, 5.74) is 2.23. The van der Waals surface area contributed by atoms with Gasteiger partial charge in [-0.25, -0.2) is 0 Å². The third-order valence-corrected chi connectivity index (χ3v) is 3.79. The number of para-hydroxylation sites is 1. The Bertz CT molecular complexity index is 710.